The fourth-order valence-corrected chi connectivity index (χ4v) is 2.52. The zero-order valence-corrected chi connectivity index (χ0v) is 14.3. The van der Waals surface area contributed by atoms with Crippen molar-refractivity contribution in [3.05, 3.63) is 71.3 Å². The number of nitrogens with zero attached hydrogens (tertiary/aromatic N) is 1. The Morgan fingerprint density at radius 1 is 0.958 bits per heavy atom. The van der Waals surface area contributed by atoms with Gasteiger partial charge in [0.05, 0.1) is 13.2 Å². The van der Waals surface area contributed by atoms with Crippen LogP contribution in [0.1, 0.15) is 30.0 Å². The lowest BCUT2D eigenvalue weighted by molar-refractivity contribution is 0.280. The topological polar surface area (TPSA) is 56.7 Å². The van der Waals surface area contributed by atoms with Gasteiger partial charge in [-0.2, -0.15) is 0 Å². The van der Waals surface area contributed by atoms with Crippen LogP contribution in [0.4, 0.5) is 0 Å². The molecule has 0 aliphatic carbocycles. The summed E-state index contributed by atoms with van der Waals surface area (Å²) in [5.41, 5.74) is 3.35. The van der Waals surface area contributed by atoms with E-state index in [9.17, 15) is 5.11 Å². The van der Waals surface area contributed by atoms with Gasteiger partial charge in [0.25, 0.3) is 0 Å². The van der Waals surface area contributed by atoms with Crippen molar-refractivity contribution in [3.8, 4) is 0 Å². The van der Waals surface area contributed by atoms with Crippen LogP contribution in [0.3, 0.4) is 0 Å². The molecule has 4 heteroatoms. The molecule has 128 valence electrons. The quantitative estimate of drug-likeness (QED) is 0.397. The maximum Gasteiger partial charge on any atom is 0.191 e. The number of aryl methyl sites for hydroxylation is 1. The van der Waals surface area contributed by atoms with Gasteiger partial charge in [-0.1, -0.05) is 54.6 Å². The number of hydrogen-bond acceptors (Lipinski definition) is 2. The SMILES string of the molecule is CCNC(=NCc1ccccc1CO)NCCCc1ccccc1. The summed E-state index contributed by atoms with van der Waals surface area (Å²) in [6.07, 6.45) is 2.11. The van der Waals surface area contributed by atoms with E-state index in [4.69, 9.17) is 0 Å². The maximum atomic E-state index is 9.39. The summed E-state index contributed by atoms with van der Waals surface area (Å²) in [5.74, 6) is 0.818. The van der Waals surface area contributed by atoms with E-state index in [1.54, 1.807) is 0 Å². The highest BCUT2D eigenvalue weighted by molar-refractivity contribution is 5.79. The highest BCUT2D eigenvalue weighted by Crippen LogP contribution is 2.09. The molecule has 24 heavy (non-hydrogen) atoms. The molecule has 0 heterocycles. The van der Waals surface area contributed by atoms with Gasteiger partial charge < -0.3 is 15.7 Å². The van der Waals surface area contributed by atoms with Crippen molar-refractivity contribution >= 4 is 5.96 Å². The second kappa shape index (κ2) is 10.4. The number of nitrogens with one attached hydrogen (secondary N) is 2. The Balaban J connectivity index is 1.84. The standard InChI is InChI=1S/C20H27N3O/c1-2-21-20(22-14-8-11-17-9-4-3-5-10-17)23-15-18-12-6-7-13-19(18)16-24/h3-7,9-10,12-13,24H,2,8,11,14-16H2,1H3,(H2,21,22,23). The maximum absolute atomic E-state index is 9.39. The third-order valence-corrected chi connectivity index (χ3v) is 3.82. The normalized spacial score (nSPS) is 11.3. The molecule has 2 aromatic rings. The number of aliphatic imine (C=N–C) groups is 1. The molecule has 0 bridgehead atoms. The van der Waals surface area contributed by atoms with Gasteiger partial charge in [-0.15, -0.1) is 0 Å². The van der Waals surface area contributed by atoms with Gasteiger partial charge in [-0.05, 0) is 36.5 Å². The third-order valence-electron chi connectivity index (χ3n) is 3.82. The van der Waals surface area contributed by atoms with E-state index in [1.807, 2.05) is 30.3 Å². The summed E-state index contributed by atoms with van der Waals surface area (Å²) in [7, 11) is 0. The van der Waals surface area contributed by atoms with Gasteiger partial charge in [0.2, 0.25) is 0 Å². The second-order valence-electron chi connectivity index (χ2n) is 5.64. The number of aliphatic hydroxyl groups is 1. The van der Waals surface area contributed by atoms with Crippen LogP contribution in [0.5, 0.6) is 0 Å². The molecule has 4 nitrogen and oxygen atoms in total. The second-order valence-corrected chi connectivity index (χ2v) is 5.64. The average Bonchev–Trinajstić information content (AvgIpc) is 2.64. The molecule has 0 saturated heterocycles. The monoisotopic (exact) mass is 325 g/mol. The summed E-state index contributed by atoms with van der Waals surface area (Å²) in [6, 6.07) is 18.4. The van der Waals surface area contributed by atoms with Gasteiger partial charge in [0.1, 0.15) is 0 Å². The lowest BCUT2D eigenvalue weighted by Gasteiger charge is -2.12. The van der Waals surface area contributed by atoms with Crippen LogP contribution in [0.2, 0.25) is 0 Å². The van der Waals surface area contributed by atoms with Gasteiger partial charge in [0.15, 0.2) is 5.96 Å². The summed E-state index contributed by atoms with van der Waals surface area (Å²) >= 11 is 0. The smallest absolute Gasteiger partial charge is 0.191 e. The van der Waals surface area contributed by atoms with Crippen LogP contribution in [0, 0.1) is 0 Å². The Morgan fingerprint density at radius 2 is 1.67 bits per heavy atom. The fourth-order valence-electron chi connectivity index (χ4n) is 2.52. The van der Waals surface area contributed by atoms with Crippen molar-refractivity contribution in [2.24, 2.45) is 4.99 Å². The number of hydrogen-bond donors (Lipinski definition) is 3. The van der Waals surface area contributed by atoms with E-state index in [0.717, 1.165) is 43.0 Å². The molecule has 0 unspecified atom stereocenters. The Morgan fingerprint density at radius 3 is 2.38 bits per heavy atom. The Bertz CT molecular complexity index is 626. The average molecular weight is 325 g/mol. The molecule has 0 amide bonds. The third kappa shape index (κ3) is 6.05. The number of guanidine groups is 1. The fraction of sp³-hybridized carbons (Fsp3) is 0.350. The van der Waals surface area contributed by atoms with E-state index in [1.165, 1.54) is 5.56 Å². The van der Waals surface area contributed by atoms with Crippen LogP contribution < -0.4 is 10.6 Å². The van der Waals surface area contributed by atoms with Crippen LogP contribution in [-0.4, -0.2) is 24.2 Å². The first-order valence-electron chi connectivity index (χ1n) is 8.57. The van der Waals surface area contributed by atoms with Gasteiger partial charge in [-0.3, -0.25) is 0 Å². The number of benzene rings is 2. The first-order chi connectivity index (χ1) is 11.8. The van der Waals surface area contributed by atoms with E-state index >= 15 is 0 Å². The largest absolute Gasteiger partial charge is 0.392 e. The van der Waals surface area contributed by atoms with Gasteiger partial charge >= 0.3 is 0 Å². The van der Waals surface area contributed by atoms with Crippen molar-refractivity contribution in [3.63, 3.8) is 0 Å². The zero-order valence-electron chi connectivity index (χ0n) is 14.3. The zero-order chi connectivity index (χ0) is 17.0. The van der Waals surface area contributed by atoms with Crippen molar-refractivity contribution in [1.82, 2.24) is 10.6 Å². The Hall–Kier alpha value is -2.33. The Labute approximate surface area is 144 Å². The van der Waals surface area contributed by atoms with Crippen molar-refractivity contribution < 1.29 is 5.11 Å². The minimum atomic E-state index is 0.0484. The number of rotatable bonds is 8. The summed E-state index contributed by atoms with van der Waals surface area (Å²) in [5, 5.41) is 16.0. The lowest BCUT2D eigenvalue weighted by Crippen LogP contribution is -2.37. The molecule has 2 rings (SSSR count). The van der Waals surface area contributed by atoms with E-state index < -0.39 is 0 Å². The summed E-state index contributed by atoms with van der Waals surface area (Å²) in [6.45, 7) is 4.37. The Kier molecular flexibility index (Phi) is 7.84. The van der Waals surface area contributed by atoms with Crippen molar-refractivity contribution in [2.75, 3.05) is 13.1 Å². The highest BCUT2D eigenvalue weighted by atomic mass is 16.3. The van der Waals surface area contributed by atoms with Crippen LogP contribution in [0.15, 0.2) is 59.6 Å². The molecule has 0 spiro atoms. The molecule has 3 N–H and O–H groups in total. The first kappa shape index (κ1) is 18.0. The van der Waals surface area contributed by atoms with Crippen molar-refractivity contribution in [1.29, 1.82) is 0 Å². The predicted octanol–water partition coefficient (Wildman–Crippen LogP) is 2.87. The molecule has 0 atom stereocenters. The molecule has 0 radical (unpaired) electrons. The molecule has 0 aromatic heterocycles. The molecule has 0 aliphatic heterocycles. The first-order valence-corrected chi connectivity index (χ1v) is 8.57. The molecule has 0 aliphatic rings. The highest BCUT2D eigenvalue weighted by Gasteiger charge is 2.01. The number of aliphatic hydroxyl groups excluding tert-OH is 1. The molecule has 0 fully saturated rings. The molecular weight excluding hydrogens is 298 g/mol. The van der Waals surface area contributed by atoms with Crippen molar-refractivity contribution in [2.45, 2.75) is 32.9 Å². The molecular formula is C20H27N3O. The summed E-state index contributed by atoms with van der Waals surface area (Å²) in [4.78, 5) is 4.62. The predicted molar refractivity (Wildman–Crippen MR) is 99.9 cm³/mol. The molecule has 0 saturated carbocycles. The lowest BCUT2D eigenvalue weighted by atomic mass is 10.1. The van der Waals surface area contributed by atoms with E-state index in [2.05, 4.69) is 46.8 Å². The minimum absolute atomic E-state index is 0.0484. The van der Waals surface area contributed by atoms with E-state index in [-0.39, 0.29) is 6.61 Å². The van der Waals surface area contributed by atoms with E-state index in [0.29, 0.717) is 6.54 Å². The minimum Gasteiger partial charge on any atom is -0.392 e. The summed E-state index contributed by atoms with van der Waals surface area (Å²) < 4.78 is 0. The van der Waals surface area contributed by atoms with Crippen LogP contribution >= 0.6 is 0 Å². The van der Waals surface area contributed by atoms with Gasteiger partial charge in [0, 0.05) is 13.1 Å². The van der Waals surface area contributed by atoms with Crippen LogP contribution in [-0.2, 0) is 19.6 Å². The van der Waals surface area contributed by atoms with Gasteiger partial charge in [-0.25, -0.2) is 4.99 Å². The molecule has 2 aromatic carbocycles. The van der Waals surface area contributed by atoms with Crippen LogP contribution in [0.25, 0.3) is 0 Å².